The van der Waals surface area contributed by atoms with Gasteiger partial charge in [0.05, 0.1) is 4.90 Å². The van der Waals surface area contributed by atoms with Gasteiger partial charge >= 0.3 is 0 Å². The average molecular weight is 253 g/mol. The predicted octanol–water partition coefficient (Wildman–Crippen LogP) is 1.62. The van der Waals surface area contributed by atoms with Crippen molar-refractivity contribution in [1.82, 2.24) is 9.71 Å². The van der Waals surface area contributed by atoms with Gasteiger partial charge in [0.15, 0.2) is 0 Å². The zero-order valence-corrected chi connectivity index (χ0v) is 11.2. The third-order valence-electron chi connectivity index (χ3n) is 2.87. The summed E-state index contributed by atoms with van der Waals surface area (Å²) in [6, 6.07) is 1.97. The maximum absolute atomic E-state index is 12.0. The predicted molar refractivity (Wildman–Crippen MR) is 70.5 cm³/mol. The normalized spacial score (nSPS) is 19.9. The van der Waals surface area contributed by atoms with Gasteiger partial charge in [0.2, 0.25) is 0 Å². The first-order valence-corrected chi connectivity index (χ1v) is 7.24. The highest BCUT2D eigenvalue weighted by atomic mass is 32.2. The SMILES string of the molecule is CCCCN1CCNS(=O)c2cc(C)cnc21. The fourth-order valence-electron chi connectivity index (χ4n) is 1.93. The van der Waals surface area contributed by atoms with Gasteiger partial charge in [-0.1, -0.05) is 13.3 Å². The lowest BCUT2D eigenvalue weighted by atomic mass is 10.2. The summed E-state index contributed by atoms with van der Waals surface area (Å²) in [5.41, 5.74) is 1.05. The van der Waals surface area contributed by atoms with Crippen LogP contribution in [0.4, 0.5) is 5.82 Å². The second-order valence-electron chi connectivity index (χ2n) is 4.34. The smallest absolute Gasteiger partial charge is 0.146 e. The van der Waals surface area contributed by atoms with Gasteiger partial charge in [-0.3, -0.25) is 0 Å². The van der Waals surface area contributed by atoms with Crippen LogP contribution in [0, 0.1) is 6.92 Å². The highest BCUT2D eigenvalue weighted by Gasteiger charge is 2.20. The van der Waals surface area contributed by atoms with Crippen LogP contribution in [0.3, 0.4) is 0 Å². The van der Waals surface area contributed by atoms with Crippen LogP contribution in [0.2, 0.25) is 0 Å². The Morgan fingerprint density at radius 1 is 1.59 bits per heavy atom. The number of unbranched alkanes of at least 4 members (excludes halogenated alkanes) is 1. The first kappa shape index (κ1) is 12.5. The number of anilines is 1. The van der Waals surface area contributed by atoms with Gasteiger partial charge < -0.3 is 4.90 Å². The zero-order valence-electron chi connectivity index (χ0n) is 10.4. The number of aryl methyl sites for hydroxylation is 1. The topological polar surface area (TPSA) is 45.2 Å². The van der Waals surface area contributed by atoms with E-state index in [1.807, 2.05) is 19.2 Å². The minimum absolute atomic E-state index is 0.742. The zero-order chi connectivity index (χ0) is 12.3. The maximum atomic E-state index is 12.0. The molecule has 5 heteroatoms. The molecule has 0 aromatic carbocycles. The molecule has 1 N–H and O–H groups in total. The van der Waals surface area contributed by atoms with Crippen LogP contribution in [0.25, 0.3) is 0 Å². The lowest BCUT2D eigenvalue weighted by Gasteiger charge is -2.22. The number of pyridine rings is 1. The fraction of sp³-hybridized carbons (Fsp3) is 0.583. The fourth-order valence-corrected chi connectivity index (χ4v) is 3.01. The number of aromatic nitrogens is 1. The molecule has 0 aliphatic carbocycles. The summed E-state index contributed by atoms with van der Waals surface area (Å²) in [7, 11) is -1.12. The van der Waals surface area contributed by atoms with Gasteiger partial charge in [-0.05, 0) is 25.0 Å². The van der Waals surface area contributed by atoms with Gasteiger partial charge in [-0.2, -0.15) is 0 Å². The maximum Gasteiger partial charge on any atom is 0.146 e. The quantitative estimate of drug-likeness (QED) is 0.890. The first-order valence-electron chi connectivity index (χ1n) is 6.09. The summed E-state index contributed by atoms with van der Waals surface area (Å²) in [6.45, 7) is 6.75. The van der Waals surface area contributed by atoms with Crippen molar-refractivity contribution in [2.75, 3.05) is 24.5 Å². The summed E-state index contributed by atoms with van der Waals surface area (Å²) in [5, 5.41) is 0. The third-order valence-corrected chi connectivity index (χ3v) is 4.03. The van der Waals surface area contributed by atoms with E-state index in [4.69, 9.17) is 0 Å². The van der Waals surface area contributed by atoms with Crippen LogP contribution in [0.15, 0.2) is 17.2 Å². The van der Waals surface area contributed by atoms with Gasteiger partial charge in [-0.25, -0.2) is 13.9 Å². The van der Waals surface area contributed by atoms with Crippen LogP contribution in [0.1, 0.15) is 25.3 Å². The monoisotopic (exact) mass is 253 g/mol. The van der Waals surface area contributed by atoms with E-state index in [0.717, 1.165) is 48.8 Å². The minimum Gasteiger partial charge on any atom is -0.354 e. The van der Waals surface area contributed by atoms with Crippen molar-refractivity contribution in [2.45, 2.75) is 31.6 Å². The minimum atomic E-state index is -1.12. The van der Waals surface area contributed by atoms with E-state index in [-0.39, 0.29) is 0 Å². The molecule has 94 valence electrons. The first-order chi connectivity index (χ1) is 8.22. The lowest BCUT2D eigenvalue weighted by Crippen LogP contribution is -2.30. The highest BCUT2D eigenvalue weighted by molar-refractivity contribution is 7.83. The second-order valence-corrected chi connectivity index (χ2v) is 5.60. The van der Waals surface area contributed by atoms with Crippen LogP contribution < -0.4 is 9.62 Å². The molecular formula is C12H19N3OS. The van der Waals surface area contributed by atoms with Gasteiger partial charge in [0.25, 0.3) is 0 Å². The number of nitrogens with one attached hydrogen (secondary N) is 1. The van der Waals surface area contributed by atoms with Gasteiger partial charge in [0.1, 0.15) is 16.8 Å². The summed E-state index contributed by atoms with van der Waals surface area (Å²) in [6.07, 6.45) is 4.15. The summed E-state index contributed by atoms with van der Waals surface area (Å²) < 4.78 is 15.0. The van der Waals surface area contributed by atoms with Crippen LogP contribution in [-0.2, 0) is 11.0 Å². The Morgan fingerprint density at radius 3 is 3.18 bits per heavy atom. The molecule has 1 atom stereocenters. The highest BCUT2D eigenvalue weighted by Crippen LogP contribution is 2.23. The van der Waals surface area contributed by atoms with Crippen LogP contribution in [0.5, 0.6) is 0 Å². The van der Waals surface area contributed by atoms with E-state index in [1.54, 1.807) is 0 Å². The van der Waals surface area contributed by atoms with Crippen LogP contribution >= 0.6 is 0 Å². The Kier molecular flexibility index (Phi) is 4.12. The molecule has 1 aliphatic rings. The average Bonchev–Trinajstić information content (AvgIpc) is 2.47. The third kappa shape index (κ3) is 2.84. The van der Waals surface area contributed by atoms with Gasteiger partial charge in [0, 0.05) is 25.8 Å². The van der Waals surface area contributed by atoms with Crippen molar-refractivity contribution in [2.24, 2.45) is 0 Å². The van der Waals surface area contributed by atoms with Crippen molar-refractivity contribution < 1.29 is 4.21 Å². The molecule has 0 radical (unpaired) electrons. The van der Waals surface area contributed by atoms with E-state index in [9.17, 15) is 4.21 Å². The Morgan fingerprint density at radius 2 is 2.41 bits per heavy atom. The molecule has 0 saturated heterocycles. The van der Waals surface area contributed by atoms with E-state index in [2.05, 4.69) is 21.5 Å². The molecule has 1 aliphatic heterocycles. The molecular weight excluding hydrogens is 234 g/mol. The molecule has 1 aromatic rings. The van der Waals surface area contributed by atoms with E-state index in [0.29, 0.717) is 0 Å². The van der Waals surface area contributed by atoms with Crippen molar-refractivity contribution in [3.8, 4) is 0 Å². The van der Waals surface area contributed by atoms with E-state index in [1.165, 1.54) is 0 Å². The van der Waals surface area contributed by atoms with Crippen molar-refractivity contribution in [3.63, 3.8) is 0 Å². The lowest BCUT2D eigenvalue weighted by molar-refractivity contribution is 0.672. The Balaban J connectivity index is 2.33. The molecule has 0 fully saturated rings. The standard InChI is InChI=1S/C12H19N3OS/c1-3-4-6-15-7-5-14-17(16)11-8-10(2)9-13-12(11)15/h8-9,14H,3-7H2,1-2H3. The summed E-state index contributed by atoms with van der Waals surface area (Å²) in [5.74, 6) is 0.882. The van der Waals surface area contributed by atoms with Crippen molar-refractivity contribution >= 4 is 16.8 Å². The summed E-state index contributed by atoms with van der Waals surface area (Å²) in [4.78, 5) is 7.51. The number of hydrogen-bond acceptors (Lipinski definition) is 3. The molecule has 17 heavy (non-hydrogen) atoms. The molecule has 1 unspecified atom stereocenters. The molecule has 0 amide bonds. The second kappa shape index (κ2) is 5.60. The largest absolute Gasteiger partial charge is 0.354 e. The van der Waals surface area contributed by atoms with E-state index < -0.39 is 11.0 Å². The Labute approximate surface area is 105 Å². The van der Waals surface area contributed by atoms with Crippen LogP contribution in [-0.4, -0.2) is 28.8 Å². The molecule has 2 heterocycles. The Bertz CT molecular complexity index is 422. The number of nitrogens with zero attached hydrogens (tertiary/aromatic N) is 2. The number of hydrogen-bond donors (Lipinski definition) is 1. The van der Waals surface area contributed by atoms with Crippen molar-refractivity contribution in [1.29, 1.82) is 0 Å². The molecule has 0 bridgehead atoms. The molecule has 2 rings (SSSR count). The number of fused-ring (bicyclic) bond motifs is 1. The van der Waals surface area contributed by atoms with Gasteiger partial charge in [-0.15, -0.1) is 0 Å². The Hall–Kier alpha value is -0.940. The molecule has 0 spiro atoms. The van der Waals surface area contributed by atoms with Crippen molar-refractivity contribution in [3.05, 3.63) is 17.8 Å². The van der Waals surface area contributed by atoms with E-state index >= 15 is 0 Å². The number of rotatable bonds is 3. The summed E-state index contributed by atoms with van der Waals surface area (Å²) >= 11 is 0. The molecule has 0 saturated carbocycles. The molecule has 4 nitrogen and oxygen atoms in total. The molecule has 1 aromatic heterocycles.